The normalized spacial score (nSPS) is 10.3. The number of nitrogens with zero attached hydrogens (tertiary/aromatic N) is 2. The van der Waals surface area contributed by atoms with Crippen LogP contribution in [0, 0.1) is 0 Å². The molecule has 0 radical (unpaired) electrons. The highest BCUT2D eigenvalue weighted by Crippen LogP contribution is 2.18. The van der Waals surface area contributed by atoms with Gasteiger partial charge < -0.3 is 10.3 Å². The number of rotatable bonds is 3. The van der Waals surface area contributed by atoms with Gasteiger partial charge in [0.2, 0.25) is 5.95 Å². The number of aromatic nitrogens is 3. The zero-order valence-corrected chi connectivity index (χ0v) is 8.91. The highest BCUT2D eigenvalue weighted by Gasteiger charge is 2.04. The second kappa shape index (κ2) is 4.13. The predicted octanol–water partition coefficient (Wildman–Crippen LogP) is 2.08. The van der Waals surface area contributed by atoms with E-state index in [2.05, 4.69) is 27.2 Å². The Morgan fingerprint density at radius 2 is 2.27 bits per heavy atom. The third kappa shape index (κ3) is 1.98. The van der Waals surface area contributed by atoms with Gasteiger partial charge in [0, 0.05) is 30.7 Å². The Hall–Kier alpha value is -1.84. The molecule has 0 saturated heterocycles. The van der Waals surface area contributed by atoms with Crippen molar-refractivity contribution in [3.8, 4) is 11.3 Å². The van der Waals surface area contributed by atoms with Crippen LogP contribution in [0.1, 0.15) is 12.6 Å². The summed E-state index contributed by atoms with van der Waals surface area (Å²) in [6.07, 6.45) is 4.73. The van der Waals surface area contributed by atoms with Gasteiger partial charge in [0.25, 0.3) is 0 Å². The number of anilines is 1. The van der Waals surface area contributed by atoms with Crippen LogP contribution in [-0.4, -0.2) is 22.0 Å². The molecule has 0 aromatic carbocycles. The lowest BCUT2D eigenvalue weighted by atomic mass is 10.2. The van der Waals surface area contributed by atoms with Crippen molar-refractivity contribution in [2.75, 3.05) is 12.4 Å². The largest absolute Gasteiger partial charge is 0.367 e. The minimum Gasteiger partial charge on any atom is -0.367 e. The minimum atomic E-state index is 0.672. The van der Waals surface area contributed by atoms with Gasteiger partial charge in [-0.3, -0.25) is 0 Å². The Balaban J connectivity index is 2.47. The summed E-state index contributed by atoms with van der Waals surface area (Å²) < 4.78 is 0. The van der Waals surface area contributed by atoms with E-state index in [1.165, 1.54) is 0 Å². The third-order valence-electron chi connectivity index (χ3n) is 2.26. The summed E-state index contributed by atoms with van der Waals surface area (Å²) in [6, 6.07) is 4.02. The monoisotopic (exact) mass is 202 g/mol. The van der Waals surface area contributed by atoms with Crippen LogP contribution in [0.2, 0.25) is 0 Å². The summed E-state index contributed by atoms with van der Waals surface area (Å²) in [4.78, 5) is 11.8. The lowest BCUT2D eigenvalue weighted by Gasteiger charge is -2.04. The molecule has 0 aliphatic rings. The molecular weight excluding hydrogens is 188 g/mol. The van der Waals surface area contributed by atoms with Crippen molar-refractivity contribution >= 4 is 5.95 Å². The van der Waals surface area contributed by atoms with Gasteiger partial charge in [0.05, 0.1) is 5.69 Å². The van der Waals surface area contributed by atoms with Crippen LogP contribution in [0.25, 0.3) is 11.3 Å². The van der Waals surface area contributed by atoms with Crippen LogP contribution in [0.4, 0.5) is 5.95 Å². The molecule has 0 saturated carbocycles. The van der Waals surface area contributed by atoms with Crippen molar-refractivity contribution < 1.29 is 0 Å². The molecule has 0 aliphatic heterocycles. The van der Waals surface area contributed by atoms with Crippen molar-refractivity contribution in [3.05, 3.63) is 30.2 Å². The van der Waals surface area contributed by atoms with Gasteiger partial charge in [0.15, 0.2) is 0 Å². The molecule has 2 aromatic rings. The summed E-state index contributed by atoms with van der Waals surface area (Å²) in [5.74, 6) is 0.672. The molecule has 4 heteroatoms. The first-order chi connectivity index (χ1) is 7.33. The van der Waals surface area contributed by atoms with E-state index in [1.807, 2.05) is 31.6 Å². The van der Waals surface area contributed by atoms with E-state index in [0.29, 0.717) is 5.95 Å². The van der Waals surface area contributed by atoms with Crippen molar-refractivity contribution in [2.45, 2.75) is 13.3 Å². The molecule has 0 unspecified atom stereocenters. The van der Waals surface area contributed by atoms with Crippen LogP contribution in [0.3, 0.4) is 0 Å². The van der Waals surface area contributed by atoms with Crippen molar-refractivity contribution in [3.63, 3.8) is 0 Å². The summed E-state index contributed by atoms with van der Waals surface area (Å²) in [6.45, 7) is 2.09. The van der Waals surface area contributed by atoms with Gasteiger partial charge in [-0.1, -0.05) is 6.92 Å². The van der Waals surface area contributed by atoms with E-state index in [4.69, 9.17) is 0 Å². The Morgan fingerprint density at radius 1 is 1.40 bits per heavy atom. The lowest BCUT2D eigenvalue weighted by molar-refractivity contribution is 1.00. The van der Waals surface area contributed by atoms with Crippen LogP contribution in [0.15, 0.2) is 24.5 Å². The van der Waals surface area contributed by atoms with Gasteiger partial charge in [0.1, 0.15) is 0 Å². The molecule has 2 heterocycles. The zero-order valence-electron chi connectivity index (χ0n) is 8.91. The minimum absolute atomic E-state index is 0.672. The van der Waals surface area contributed by atoms with Gasteiger partial charge in [-0.2, -0.15) is 0 Å². The molecule has 15 heavy (non-hydrogen) atoms. The maximum absolute atomic E-state index is 4.40. The van der Waals surface area contributed by atoms with E-state index in [1.54, 1.807) is 0 Å². The van der Waals surface area contributed by atoms with Gasteiger partial charge in [-0.15, -0.1) is 0 Å². The average Bonchev–Trinajstić information content (AvgIpc) is 2.81. The van der Waals surface area contributed by atoms with Gasteiger partial charge in [-0.05, 0) is 18.6 Å². The fourth-order valence-electron chi connectivity index (χ4n) is 1.42. The van der Waals surface area contributed by atoms with E-state index < -0.39 is 0 Å². The Kier molecular flexibility index (Phi) is 2.67. The summed E-state index contributed by atoms with van der Waals surface area (Å²) in [7, 11) is 1.83. The first-order valence-electron chi connectivity index (χ1n) is 5.02. The maximum Gasteiger partial charge on any atom is 0.223 e. The zero-order chi connectivity index (χ0) is 10.7. The summed E-state index contributed by atoms with van der Waals surface area (Å²) >= 11 is 0. The van der Waals surface area contributed by atoms with E-state index in [0.717, 1.165) is 23.4 Å². The van der Waals surface area contributed by atoms with Crippen LogP contribution < -0.4 is 5.32 Å². The number of nitrogens with one attached hydrogen (secondary N) is 2. The van der Waals surface area contributed by atoms with E-state index in [9.17, 15) is 0 Å². The molecule has 0 fully saturated rings. The van der Waals surface area contributed by atoms with Crippen molar-refractivity contribution in [1.29, 1.82) is 0 Å². The summed E-state index contributed by atoms with van der Waals surface area (Å²) in [5.41, 5.74) is 3.08. The quantitative estimate of drug-likeness (QED) is 0.801. The first kappa shape index (κ1) is 9.71. The molecule has 0 spiro atoms. The standard InChI is InChI=1S/C11H14N4/c1-3-9-6-10(8-4-5-13-7-8)15-11(12-2)14-9/h4-7,13H,3H2,1-2H3,(H,12,14,15). The molecule has 0 aliphatic carbocycles. The molecule has 4 nitrogen and oxygen atoms in total. The molecule has 0 amide bonds. The smallest absolute Gasteiger partial charge is 0.223 e. The Bertz CT molecular complexity index is 412. The molecule has 2 N–H and O–H groups in total. The van der Waals surface area contributed by atoms with E-state index in [-0.39, 0.29) is 0 Å². The fourth-order valence-corrected chi connectivity index (χ4v) is 1.42. The summed E-state index contributed by atoms with van der Waals surface area (Å²) in [5, 5.41) is 2.97. The first-order valence-corrected chi connectivity index (χ1v) is 5.02. The number of H-pyrrole nitrogens is 1. The lowest BCUT2D eigenvalue weighted by Crippen LogP contribution is -2.00. The highest BCUT2D eigenvalue weighted by atomic mass is 15.1. The number of hydrogen-bond acceptors (Lipinski definition) is 3. The number of aryl methyl sites for hydroxylation is 1. The number of aromatic amines is 1. The van der Waals surface area contributed by atoms with Crippen molar-refractivity contribution in [1.82, 2.24) is 15.0 Å². The molecule has 0 bridgehead atoms. The SMILES string of the molecule is CCc1cc(-c2cc[nH]c2)nc(NC)n1. The highest BCUT2D eigenvalue weighted by molar-refractivity contribution is 5.59. The molecule has 2 rings (SSSR count). The topological polar surface area (TPSA) is 53.6 Å². The fraction of sp³-hybridized carbons (Fsp3) is 0.273. The van der Waals surface area contributed by atoms with Crippen LogP contribution in [0.5, 0.6) is 0 Å². The second-order valence-corrected chi connectivity index (χ2v) is 3.27. The number of hydrogen-bond donors (Lipinski definition) is 2. The third-order valence-corrected chi connectivity index (χ3v) is 2.26. The van der Waals surface area contributed by atoms with E-state index >= 15 is 0 Å². The Morgan fingerprint density at radius 3 is 2.87 bits per heavy atom. The van der Waals surface area contributed by atoms with Crippen LogP contribution in [-0.2, 0) is 6.42 Å². The van der Waals surface area contributed by atoms with Gasteiger partial charge in [-0.25, -0.2) is 9.97 Å². The van der Waals surface area contributed by atoms with Crippen LogP contribution >= 0.6 is 0 Å². The average molecular weight is 202 g/mol. The van der Waals surface area contributed by atoms with Crippen molar-refractivity contribution in [2.24, 2.45) is 0 Å². The predicted molar refractivity (Wildman–Crippen MR) is 60.7 cm³/mol. The van der Waals surface area contributed by atoms with Gasteiger partial charge >= 0.3 is 0 Å². The molecular formula is C11H14N4. The molecule has 78 valence electrons. The molecule has 0 atom stereocenters. The maximum atomic E-state index is 4.40. The second-order valence-electron chi connectivity index (χ2n) is 3.27. The Labute approximate surface area is 88.8 Å². The molecule has 2 aromatic heterocycles.